The molecule has 5 nitrogen and oxygen atoms in total. The summed E-state index contributed by atoms with van der Waals surface area (Å²) in [5, 5.41) is 0. The molecule has 0 aliphatic carbocycles. The Hall–Kier alpha value is -1.40. The van der Waals surface area contributed by atoms with E-state index in [-0.39, 0.29) is 12.2 Å². The van der Waals surface area contributed by atoms with Gasteiger partial charge >= 0.3 is 5.97 Å². The third-order valence-electron chi connectivity index (χ3n) is 2.38. The number of esters is 1. The molecule has 1 aromatic carbocycles. The van der Waals surface area contributed by atoms with E-state index < -0.39 is 16.0 Å². The molecule has 0 amide bonds. The van der Waals surface area contributed by atoms with Crippen molar-refractivity contribution in [3.05, 3.63) is 35.9 Å². The lowest BCUT2D eigenvalue weighted by atomic mass is 10.2. The molecular weight excluding hydrogens is 254 g/mol. The van der Waals surface area contributed by atoms with Crippen molar-refractivity contribution in [1.29, 1.82) is 0 Å². The summed E-state index contributed by atoms with van der Waals surface area (Å²) in [5.41, 5.74) is 1.06. The zero-order valence-electron chi connectivity index (χ0n) is 10.3. The highest BCUT2D eigenvalue weighted by molar-refractivity contribution is 7.89. The first-order valence-corrected chi connectivity index (χ1v) is 7.27. The third-order valence-corrected chi connectivity index (χ3v) is 3.77. The van der Waals surface area contributed by atoms with E-state index in [9.17, 15) is 13.2 Å². The van der Waals surface area contributed by atoms with E-state index in [1.165, 1.54) is 7.11 Å². The van der Waals surface area contributed by atoms with Crippen molar-refractivity contribution in [2.75, 3.05) is 19.4 Å². The van der Waals surface area contributed by atoms with Gasteiger partial charge in [-0.2, -0.15) is 0 Å². The molecule has 6 heteroatoms. The smallest absolute Gasteiger partial charge is 0.306 e. The number of hydrogen-bond donors (Lipinski definition) is 1. The SMILES string of the molecule is COC(=O)CCS(=O)(=O)NCCc1ccccc1. The van der Waals surface area contributed by atoms with Gasteiger partial charge in [0.1, 0.15) is 0 Å². The Bertz CT molecular complexity index is 470. The number of carbonyl (C=O) groups is 1. The molecule has 0 radical (unpaired) electrons. The molecule has 0 aliphatic heterocycles. The molecule has 0 heterocycles. The van der Waals surface area contributed by atoms with E-state index in [4.69, 9.17) is 0 Å². The number of rotatable bonds is 7. The predicted molar refractivity (Wildman–Crippen MR) is 68.6 cm³/mol. The Kier molecular flexibility index (Phi) is 5.80. The number of ether oxygens (including phenoxy) is 1. The molecule has 0 fully saturated rings. The van der Waals surface area contributed by atoms with Crippen LogP contribution < -0.4 is 4.72 Å². The molecule has 0 bridgehead atoms. The van der Waals surface area contributed by atoms with Crippen molar-refractivity contribution < 1.29 is 17.9 Å². The maximum absolute atomic E-state index is 11.5. The molecule has 1 aromatic rings. The first kappa shape index (κ1) is 14.7. The second-order valence-electron chi connectivity index (χ2n) is 3.77. The number of sulfonamides is 1. The van der Waals surface area contributed by atoms with Crippen molar-refractivity contribution in [2.24, 2.45) is 0 Å². The molecule has 18 heavy (non-hydrogen) atoms. The average molecular weight is 271 g/mol. The lowest BCUT2D eigenvalue weighted by molar-refractivity contribution is -0.140. The van der Waals surface area contributed by atoms with Gasteiger partial charge in [0.05, 0.1) is 19.3 Å². The molecular formula is C12H17NO4S. The number of benzene rings is 1. The molecule has 0 aliphatic rings. The molecule has 0 spiro atoms. The largest absolute Gasteiger partial charge is 0.469 e. The van der Waals surface area contributed by atoms with E-state index in [1.54, 1.807) is 0 Å². The lowest BCUT2D eigenvalue weighted by Crippen LogP contribution is -2.29. The Morgan fingerprint density at radius 2 is 1.94 bits per heavy atom. The van der Waals surface area contributed by atoms with Crippen LogP contribution in [-0.2, 0) is 26.0 Å². The fourth-order valence-corrected chi connectivity index (χ4v) is 2.38. The first-order valence-electron chi connectivity index (χ1n) is 5.61. The number of nitrogens with one attached hydrogen (secondary N) is 1. The molecule has 0 aromatic heterocycles. The summed E-state index contributed by atoms with van der Waals surface area (Å²) < 4.78 is 29.9. The van der Waals surface area contributed by atoms with Crippen LogP contribution in [0.25, 0.3) is 0 Å². The minimum Gasteiger partial charge on any atom is -0.469 e. The Morgan fingerprint density at radius 1 is 1.28 bits per heavy atom. The standard InChI is InChI=1S/C12H17NO4S/c1-17-12(14)8-10-18(15,16)13-9-7-11-5-3-2-4-6-11/h2-6,13H,7-10H2,1H3. The molecule has 0 saturated heterocycles. The summed E-state index contributed by atoms with van der Waals surface area (Å²) >= 11 is 0. The van der Waals surface area contributed by atoms with Crippen LogP contribution in [0.4, 0.5) is 0 Å². The average Bonchev–Trinajstić information content (AvgIpc) is 2.37. The molecule has 0 saturated carbocycles. The molecule has 1 rings (SSSR count). The van der Waals surface area contributed by atoms with Crippen LogP contribution in [0.15, 0.2) is 30.3 Å². The van der Waals surface area contributed by atoms with E-state index in [0.717, 1.165) is 5.56 Å². The Balaban J connectivity index is 2.31. The van der Waals surface area contributed by atoms with Gasteiger partial charge in [0, 0.05) is 6.54 Å². The van der Waals surface area contributed by atoms with E-state index in [2.05, 4.69) is 9.46 Å². The number of methoxy groups -OCH3 is 1. The maximum Gasteiger partial charge on any atom is 0.306 e. The number of hydrogen-bond acceptors (Lipinski definition) is 4. The summed E-state index contributed by atoms with van der Waals surface area (Å²) in [7, 11) is -2.17. The van der Waals surface area contributed by atoms with Gasteiger partial charge in [0.25, 0.3) is 0 Å². The molecule has 100 valence electrons. The monoisotopic (exact) mass is 271 g/mol. The van der Waals surface area contributed by atoms with E-state index >= 15 is 0 Å². The summed E-state index contributed by atoms with van der Waals surface area (Å²) in [6.45, 7) is 0.327. The minimum absolute atomic E-state index is 0.128. The van der Waals surface area contributed by atoms with Crippen LogP contribution >= 0.6 is 0 Å². The molecule has 0 atom stereocenters. The van der Waals surface area contributed by atoms with Crippen molar-refractivity contribution in [2.45, 2.75) is 12.8 Å². The van der Waals surface area contributed by atoms with Gasteiger partial charge in [-0.05, 0) is 12.0 Å². The van der Waals surface area contributed by atoms with Crippen molar-refractivity contribution >= 4 is 16.0 Å². The second kappa shape index (κ2) is 7.13. The highest BCUT2D eigenvalue weighted by atomic mass is 32.2. The Morgan fingerprint density at radius 3 is 2.56 bits per heavy atom. The highest BCUT2D eigenvalue weighted by Gasteiger charge is 2.12. The molecule has 1 N–H and O–H groups in total. The normalized spacial score (nSPS) is 11.2. The van der Waals surface area contributed by atoms with Crippen LogP contribution in [0, 0.1) is 0 Å². The van der Waals surface area contributed by atoms with E-state index in [1.807, 2.05) is 30.3 Å². The van der Waals surface area contributed by atoms with Crippen LogP contribution in [-0.4, -0.2) is 33.8 Å². The van der Waals surface area contributed by atoms with Crippen LogP contribution in [0.3, 0.4) is 0 Å². The highest BCUT2D eigenvalue weighted by Crippen LogP contribution is 1.99. The van der Waals surface area contributed by atoms with Crippen LogP contribution in [0.1, 0.15) is 12.0 Å². The van der Waals surface area contributed by atoms with Gasteiger partial charge in [-0.1, -0.05) is 30.3 Å². The molecule has 0 unspecified atom stereocenters. The third kappa shape index (κ3) is 5.79. The fourth-order valence-electron chi connectivity index (χ4n) is 1.39. The summed E-state index contributed by atoms with van der Waals surface area (Å²) in [6.07, 6.45) is 0.496. The maximum atomic E-state index is 11.5. The van der Waals surface area contributed by atoms with Crippen LogP contribution in [0.5, 0.6) is 0 Å². The fraction of sp³-hybridized carbons (Fsp3) is 0.417. The summed E-state index contributed by atoms with van der Waals surface area (Å²) in [6, 6.07) is 9.58. The van der Waals surface area contributed by atoms with Gasteiger partial charge in [-0.25, -0.2) is 13.1 Å². The Labute approximate surface area is 107 Å². The van der Waals surface area contributed by atoms with Gasteiger partial charge in [-0.3, -0.25) is 4.79 Å². The van der Waals surface area contributed by atoms with Gasteiger partial charge in [0.15, 0.2) is 0 Å². The zero-order chi connectivity index (χ0) is 13.4. The van der Waals surface area contributed by atoms with Crippen molar-refractivity contribution in [3.8, 4) is 0 Å². The second-order valence-corrected chi connectivity index (χ2v) is 5.70. The van der Waals surface area contributed by atoms with E-state index in [0.29, 0.717) is 13.0 Å². The van der Waals surface area contributed by atoms with Gasteiger partial charge in [-0.15, -0.1) is 0 Å². The first-order chi connectivity index (χ1) is 8.53. The minimum atomic E-state index is -3.41. The zero-order valence-corrected chi connectivity index (χ0v) is 11.1. The topological polar surface area (TPSA) is 72.5 Å². The number of carbonyl (C=O) groups excluding carboxylic acids is 1. The lowest BCUT2D eigenvalue weighted by Gasteiger charge is -2.06. The van der Waals surface area contributed by atoms with Crippen molar-refractivity contribution in [1.82, 2.24) is 4.72 Å². The quantitative estimate of drug-likeness (QED) is 0.741. The summed E-state index contributed by atoms with van der Waals surface area (Å²) in [5.74, 6) is -0.766. The predicted octanol–water partition coefficient (Wildman–Crippen LogP) is 0.712. The van der Waals surface area contributed by atoms with Crippen LogP contribution in [0.2, 0.25) is 0 Å². The van der Waals surface area contributed by atoms with Crippen molar-refractivity contribution in [3.63, 3.8) is 0 Å². The van der Waals surface area contributed by atoms with Gasteiger partial charge < -0.3 is 4.74 Å². The van der Waals surface area contributed by atoms with Gasteiger partial charge in [0.2, 0.25) is 10.0 Å². The summed E-state index contributed by atoms with van der Waals surface area (Å²) in [4.78, 5) is 10.8.